The highest BCUT2D eigenvalue weighted by Crippen LogP contribution is 2.14. The molecular weight excluding hydrogens is 237 g/mol. The van der Waals surface area contributed by atoms with Gasteiger partial charge in [0.05, 0.1) is 12.6 Å². The van der Waals surface area contributed by atoms with Gasteiger partial charge in [-0.25, -0.2) is 0 Å². The van der Waals surface area contributed by atoms with Gasteiger partial charge in [0.15, 0.2) is 0 Å². The minimum absolute atomic E-state index is 0.141. The van der Waals surface area contributed by atoms with Crippen molar-refractivity contribution >= 4 is 5.91 Å². The smallest absolute Gasteiger partial charge is 0.370 e. The summed E-state index contributed by atoms with van der Waals surface area (Å²) in [6.45, 7) is 0.993. The maximum atomic E-state index is 11.8. The number of nitrogens with one attached hydrogen (secondary N) is 2. The SMILES string of the molecule is CC(COCC(F)(F)F)NC(=O)C1CCCN1. The summed E-state index contributed by atoms with van der Waals surface area (Å²) >= 11 is 0. The molecule has 1 aliphatic rings. The maximum absolute atomic E-state index is 11.8. The van der Waals surface area contributed by atoms with E-state index in [2.05, 4.69) is 15.4 Å². The maximum Gasteiger partial charge on any atom is 0.411 e. The Morgan fingerprint density at radius 3 is 2.82 bits per heavy atom. The molecule has 100 valence electrons. The third kappa shape index (κ3) is 5.88. The minimum Gasteiger partial charge on any atom is -0.370 e. The third-order valence-electron chi connectivity index (χ3n) is 2.40. The molecule has 4 nitrogen and oxygen atoms in total. The van der Waals surface area contributed by atoms with Gasteiger partial charge in [0.1, 0.15) is 6.61 Å². The molecule has 2 atom stereocenters. The van der Waals surface area contributed by atoms with E-state index in [0.29, 0.717) is 0 Å². The number of hydrogen-bond donors (Lipinski definition) is 2. The zero-order valence-electron chi connectivity index (χ0n) is 9.64. The molecule has 0 aromatic heterocycles. The molecule has 0 spiro atoms. The molecule has 0 aliphatic carbocycles. The molecule has 0 bridgehead atoms. The Kier molecular flexibility index (Phi) is 5.20. The van der Waals surface area contributed by atoms with Gasteiger partial charge in [-0.05, 0) is 26.3 Å². The summed E-state index contributed by atoms with van der Waals surface area (Å²) in [5.74, 6) is -0.175. The first-order valence-corrected chi connectivity index (χ1v) is 5.57. The highest BCUT2D eigenvalue weighted by atomic mass is 19.4. The number of carbonyl (C=O) groups is 1. The standard InChI is InChI=1S/C10H17F3N2O2/c1-7(5-17-6-10(11,12)13)15-9(16)8-3-2-4-14-8/h7-8,14H,2-6H2,1H3,(H,15,16). The average Bonchev–Trinajstić information content (AvgIpc) is 2.67. The van der Waals surface area contributed by atoms with E-state index in [9.17, 15) is 18.0 Å². The fourth-order valence-corrected chi connectivity index (χ4v) is 1.64. The van der Waals surface area contributed by atoms with Crippen molar-refractivity contribution in [3.63, 3.8) is 0 Å². The summed E-state index contributed by atoms with van der Waals surface area (Å²) in [6.07, 6.45) is -2.62. The van der Waals surface area contributed by atoms with Crippen LogP contribution < -0.4 is 10.6 Å². The molecule has 1 saturated heterocycles. The second-order valence-electron chi connectivity index (χ2n) is 4.19. The Labute approximate surface area is 97.9 Å². The number of carbonyl (C=O) groups excluding carboxylic acids is 1. The van der Waals surface area contributed by atoms with Crippen molar-refractivity contribution in [2.75, 3.05) is 19.8 Å². The quantitative estimate of drug-likeness (QED) is 0.763. The lowest BCUT2D eigenvalue weighted by molar-refractivity contribution is -0.175. The summed E-state index contributed by atoms with van der Waals surface area (Å²) in [6, 6.07) is -0.646. The number of amides is 1. The highest BCUT2D eigenvalue weighted by Gasteiger charge is 2.28. The number of hydrogen-bond acceptors (Lipinski definition) is 3. The molecule has 0 aromatic carbocycles. The van der Waals surface area contributed by atoms with Crippen LogP contribution in [0.2, 0.25) is 0 Å². The van der Waals surface area contributed by atoms with E-state index in [4.69, 9.17) is 0 Å². The van der Waals surface area contributed by atoms with Crippen LogP contribution in [-0.2, 0) is 9.53 Å². The zero-order valence-corrected chi connectivity index (χ0v) is 9.64. The van der Waals surface area contributed by atoms with Crippen LogP contribution in [0.1, 0.15) is 19.8 Å². The molecular formula is C10H17F3N2O2. The molecule has 2 unspecified atom stereocenters. The van der Waals surface area contributed by atoms with Crippen LogP contribution in [0.15, 0.2) is 0 Å². The topological polar surface area (TPSA) is 50.4 Å². The molecule has 0 radical (unpaired) electrons. The summed E-state index contributed by atoms with van der Waals surface area (Å²) < 4.78 is 39.8. The van der Waals surface area contributed by atoms with Crippen molar-refractivity contribution < 1.29 is 22.7 Å². The van der Waals surface area contributed by atoms with Crippen molar-refractivity contribution in [1.82, 2.24) is 10.6 Å². The lowest BCUT2D eigenvalue weighted by atomic mass is 10.2. The fraction of sp³-hybridized carbons (Fsp3) is 0.900. The number of ether oxygens (including phenoxy) is 1. The van der Waals surface area contributed by atoms with Crippen molar-refractivity contribution in [3.8, 4) is 0 Å². The van der Waals surface area contributed by atoms with Gasteiger partial charge in [0.25, 0.3) is 0 Å². The lowest BCUT2D eigenvalue weighted by Crippen LogP contribution is -2.45. The van der Waals surface area contributed by atoms with Crippen LogP contribution in [0.4, 0.5) is 13.2 Å². The van der Waals surface area contributed by atoms with Gasteiger partial charge >= 0.3 is 6.18 Å². The van der Waals surface area contributed by atoms with Crippen LogP contribution in [-0.4, -0.2) is 43.9 Å². The molecule has 2 N–H and O–H groups in total. The van der Waals surface area contributed by atoms with Gasteiger partial charge in [0.2, 0.25) is 5.91 Å². The van der Waals surface area contributed by atoms with Crippen LogP contribution in [0.3, 0.4) is 0 Å². The van der Waals surface area contributed by atoms with Crippen molar-refractivity contribution in [3.05, 3.63) is 0 Å². The molecule has 7 heteroatoms. The van der Waals surface area contributed by atoms with E-state index < -0.39 is 18.8 Å². The highest BCUT2D eigenvalue weighted by molar-refractivity contribution is 5.82. The van der Waals surface area contributed by atoms with Crippen LogP contribution in [0, 0.1) is 0 Å². The van der Waals surface area contributed by atoms with Gasteiger partial charge in [-0.2, -0.15) is 13.2 Å². The molecule has 17 heavy (non-hydrogen) atoms. The normalized spacial score (nSPS) is 22.5. The summed E-state index contributed by atoms with van der Waals surface area (Å²) in [5, 5.41) is 5.62. The molecule has 1 amide bonds. The van der Waals surface area contributed by atoms with E-state index in [1.165, 1.54) is 0 Å². The fourth-order valence-electron chi connectivity index (χ4n) is 1.64. The minimum atomic E-state index is -4.32. The van der Waals surface area contributed by atoms with Crippen LogP contribution in [0.5, 0.6) is 0 Å². The molecule has 1 fully saturated rings. The van der Waals surface area contributed by atoms with Gasteiger partial charge in [-0.3, -0.25) is 4.79 Å². The van der Waals surface area contributed by atoms with E-state index in [-0.39, 0.29) is 18.6 Å². The Balaban J connectivity index is 2.15. The first-order valence-electron chi connectivity index (χ1n) is 5.57. The van der Waals surface area contributed by atoms with Gasteiger partial charge in [0, 0.05) is 6.04 Å². The predicted octanol–water partition coefficient (Wildman–Crippen LogP) is 0.822. The predicted molar refractivity (Wildman–Crippen MR) is 55.5 cm³/mol. The lowest BCUT2D eigenvalue weighted by Gasteiger charge is -2.17. The Hall–Kier alpha value is -0.820. The second kappa shape index (κ2) is 6.20. The van der Waals surface area contributed by atoms with Crippen LogP contribution >= 0.6 is 0 Å². The molecule has 1 aliphatic heterocycles. The average molecular weight is 254 g/mol. The summed E-state index contributed by atoms with van der Waals surface area (Å²) in [5.41, 5.74) is 0. The molecule has 1 rings (SSSR count). The molecule has 1 heterocycles. The molecule has 0 aromatic rings. The third-order valence-corrected chi connectivity index (χ3v) is 2.40. The van der Waals surface area contributed by atoms with Gasteiger partial charge in [-0.1, -0.05) is 0 Å². The number of rotatable bonds is 5. The number of alkyl halides is 3. The van der Waals surface area contributed by atoms with Crippen LogP contribution in [0.25, 0.3) is 0 Å². The first-order chi connectivity index (χ1) is 7.88. The zero-order chi connectivity index (χ0) is 12.9. The van der Waals surface area contributed by atoms with E-state index in [0.717, 1.165) is 19.4 Å². The van der Waals surface area contributed by atoms with E-state index in [1.807, 2.05) is 0 Å². The Morgan fingerprint density at radius 1 is 1.59 bits per heavy atom. The summed E-state index contributed by atoms with van der Waals surface area (Å²) in [4.78, 5) is 11.6. The second-order valence-corrected chi connectivity index (χ2v) is 4.19. The van der Waals surface area contributed by atoms with E-state index >= 15 is 0 Å². The monoisotopic (exact) mass is 254 g/mol. The largest absolute Gasteiger partial charge is 0.411 e. The first kappa shape index (κ1) is 14.2. The van der Waals surface area contributed by atoms with Gasteiger partial charge in [-0.15, -0.1) is 0 Å². The Morgan fingerprint density at radius 2 is 2.29 bits per heavy atom. The van der Waals surface area contributed by atoms with Crippen molar-refractivity contribution in [2.24, 2.45) is 0 Å². The van der Waals surface area contributed by atoms with Crippen molar-refractivity contribution in [1.29, 1.82) is 0 Å². The Bertz CT molecular complexity index is 252. The number of halogens is 3. The summed E-state index contributed by atoms with van der Waals surface area (Å²) in [7, 11) is 0. The van der Waals surface area contributed by atoms with Gasteiger partial charge < -0.3 is 15.4 Å². The van der Waals surface area contributed by atoms with Crippen molar-refractivity contribution in [2.45, 2.75) is 38.0 Å². The molecule has 0 saturated carbocycles. The van der Waals surface area contributed by atoms with E-state index in [1.54, 1.807) is 6.92 Å².